The first-order valence-electron chi connectivity index (χ1n) is 4.46. The van der Waals surface area contributed by atoms with Crippen molar-refractivity contribution in [3.05, 3.63) is 30.5 Å². The van der Waals surface area contributed by atoms with E-state index in [1.54, 1.807) is 30.2 Å². The topological polar surface area (TPSA) is 59.9 Å². The van der Waals surface area contributed by atoms with Crippen molar-refractivity contribution in [3.63, 3.8) is 0 Å². The number of rotatable bonds is 2. The number of carbonyl (C=O) groups is 1. The minimum absolute atomic E-state index is 0.344. The summed E-state index contributed by atoms with van der Waals surface area (Å²) in [6.07, 6.45) is 5.15. The van der Waals surface area contributed by atoms with E-state index in [0.29, 0.717) is 5.69 Å². The lowest BCUT2D eigenvalue weighted by atomic mass is 10.2. The molecule has 2 aromatic rings. The van der Waals surface area contributed by atoms with Gasteiger partial charge in [-0.2, -0.15) is 0 Å². The van der Waals surface area contributed by atoms with Gasteiger partial charge in [-0.05, 0) is 6.07 Å². The molecule has 78 valence electrons. The van der Waals surface area contributed by atoms with Gasteiger partial charge in [0.25, 0.3) is 0 Å². The first-order chi connectivity index (χ1) is 7.22. The molecule has 0 saturated carbocycles. The molecule has 15 heavy (non-hydrogen) atoms. The zero-order chi connectivity index (χ0) is 10.8. The van der Waals surface area contributed by atoms with Gasteiger partial charge in [0.2, 0.25) is 0 Å². The van der Waals surface area contributed by atoms with Crippen LogP contribution in [-0.2, 0) is 11.8 Å². The Balaban J connectivity index is 2.41. The summed E-state index contributed by atoms with van der Waals surface area (Å²) in [7, 11) is 3.16. The highest BCUT2D eigenvalue weighted by atomic mass is 16.5. The lowest BCUT2D eigenvalue weighted by Gasteiger charge is -1.98. The Bertz CT molecular complexity index is 471. The van der Waals surface area contributed by atoms with Crippen LogP contribution in [0.2, 0.25) is 0 Å². The molecule has 0 unspecified atom stereocenters. The summed E-state index contributed by atoms with van der Waals surface area (Å²) in [5.41, 5.74) is 2.30. The van der Waals surface area contributed by atoms with Crippen LogP contribution in [0.25, 0.3) is 11.3 Å². The van der Waals surface area contributed by atoms with Crippen molar-refractivity contribution in [2.24, 2.45) is 7.05 Å². The number of carbonyl (C=O) groups excluding carboxylic acids is 1. The lowest BCUT2D eigenvalue weighted by Crippen LogP contribution is -2.06. The van der Waals surface area contributed by atoms with Crippen molar-refractivity contribution >= 4 is 5.97 Å². The predicted molar refractivity (Wildman–Crippen MR) is 54.3 cm³/mol. The van der Waals surface area contributed by atoms with Crippen LogP contribution < -0.4 is 0 Å². The molecule has 0 bridgehead atoms. The zero-order valence-corrected chi connectivity index (χ0v) is 8.52. The molecule has 5 nitrogen and oxygen atoms in total. The number of ether oxygens (including phenoxy) is 1. The molecule has 2 heterocycles. The van der Waals surface area contributed by atoms with E-state index < -0.39 is 0 Å². The van der Waals surface area contributed by atoms with Crippen LogP contribution >= 0.6 is 0 Å². The Kier molecular flexibility index (Phi) is 2.29. The van der Waals surface area contributed by atoms with Crippen molar-refractivity contribution in [1.29, 1.82) is 0 Å². The lowest BCUT2D eigenvalue weighted by molar-refractivity contribution is 0.0590. The summed E-state index contributed by atoms with van der Waals surface area (Å²) in [6, 6.07) is 1.76. The molecule has 5 heteroatoms. The Hall–Kier alpha value is -2.04. The molecule has 1 N–H and O–H groups in total. The minimum atomic E-state index is -0.344. The van der Waals surface area contributed by atoms with Gasteiger partial charge in [-0.15, -0.1) is 0 Å². The van der Waals surface area contributed by atoms with E-state index in [-0.39, 0.29) is 5.97 Å². The molecule has 0 aromatic carbocycles. The summed E-state index contributed by atoms with van der Waals surface area (Å²) in [5.74, 6) is -0.344. The standard InChI is InChI=1S/C10H11N3O2/c1-13-5-7(8-4-11-6-12-8)3-9(13)10(14)15-2/h3-6H,1-2H3,(H,11,12). The van der Waals surface area contributed by atoms with Gasteiger partial charge in [0, 0.05) is 18.8 Å². The highest BCUT2D eigenvalue weighted by molar-refractivity contribution is 5.89. The van der Waals surface area contributed by atoms with E-state index in [4.69, 9.17) is 0 Å². The third-order valence-corrected chi connectivity index (χ3v) is 2.21. The number of nitrogens with one attached hydrogen (secondary N) is 1. The normalized spacial score (nSPS) is 10.3. The van der Waals surface area contributed by atoms with Crippen molar-refractivity contribution in [2.75, 3.05) is 7.11 Å². The average molecular weight is 205 g/mol. The number of methoxy groups -OCH3 is 1. The number of esters is 1. The third kappa shape index (κ3) is 1.63. The first-order valence-corrected chi connectivity index (χ1v) is 4.46. The fraction of sp³-hybridized carbons (Fsp3) is 0.200. The molecule has 0 aliphatic heterocycles. The number of nitrogens with zero attached hydrogens (tertiary/aromatic N) is 2. The third-order valence-electron chi connectivity index (χ3n) is 2.21. The Morgan fingerprint density at radius 2 is 2.40 bits per heavy atom. The van der Waals surface area contributed by atoms with Gasteiger partial charge in [-0.3, -0.25) is 0 Å². The second-order valence-electron chi connectivity index (χ2n) is 3.18. The summed E-state index contributed by atoms with van der Waals surface area (Å²) < 4.78 is 6.39. The Morgan fingerprint density at radius 1 is 1.60 bits per heavy atom. The fourth-order valence-electron chi connectivity index (χ4n) is 1.43. The highest BCUT2D eigenvalue weighted by Crippen LogP contribution is 2.19. The van der Waals surface area contributed by atoms with E-state index in [0.717, 1.165) is 11.3 Å². The van der Waals surface area contributed by atoms with E-state index in [1.807, 2.05) is 6.20 Å². The number of aromatic nitrogens is 3. The molecular formula is C10H11N3O2. The molecule has 0 radical (unpaired) electrons. The molecule has 0 aliphatic carbocycles. The maximum Gasteiger partial charge on any atom is 0.354 e. The quantitative estimate of drug-likeness (QED) is 0.749. The molecule has 2 rings (SSSR count). The minimum Gasteiger partial charge on any atom is -0.464 e. The monoisotopic (exact) mass is 205 g/mol. The van der Waals surface area contributed by atoms with Crippen LogP contribution in [-0.4, -0.2) is 27.6 Å². The van der Waals surface area contributed by atoms with Gasteiger partial charge in [0.05, 0.1) is 25.3 Å². The van der Waals surface area contributed by atoms with Gasteiger partial charge in [-0.1, -0.05) is 0 Å². The molecular weight excluding hydrogens is 194 g/mol. The summed E-state index contributed by atoms with van der Waals surface area (Å²) >= 11 is 0. The number of aromatic amines is 1. The maximum absolute atomic E-state index is 11.3. The summed E-state index contributed by atoms with van der Waals surface area (Å²) in [6.45, 7) is 0. The number of H-pyrrole nitrogens is 1. The van der Waals surface area contributed by atoms with E-state index in [9.17, 15) is 4.79 Å². The first kappa shape index (κ1) is 9.51. The van der Waals surface area contributed by atoms with Gasteiger partial charge >= 0.3 is 5.97 Å². The summed E-state index contributed by atoms with van der Waals surface area (Å²) in [5, 5.41) is 0. The van der Waals surface area contributed by atoms with Crippen LogP contribution in [0.15, 0.2) is 24.8 Å². The number of hydrogen-bond donors (Lipinski definition) is 1. The zero-order valence-electron chi connectivity index (χ0n) is 8.52. The van der Waals surface area contributed by atoms with Gasteiger partial charge in [-0.25, -0.2) is 9.78 Å². The van der Waals surface area contributed by atoms with Crippen molar-refractivity contribution in [1.82, 2.24) is 14.5 Å². The fourth-order valence-corrected chi connectivity index (χ4v) is 1.43. The summed E-state index contributed by atoms with van der Waals surface area (Å²) in [4.78, 5) is 18.2. The second-order valence-corrected chi connectivity index (χ2v) is 3.18. The van der Waals surface area contributed by atoms with Crippen molar-refractivity contribution < 1.29 is 9.53 Å². The van der Waals surface area contributed by atoms with Crippen LogP contribution in [0.1, 0.15) is 10.5 Å². The molecule has 0 saturated heterocycles. The molecule has 0 fully saturated rings. The SMILES string of the molecule is COC(=O)c1cc(-c2cnc[nH]2)cn1C. The largest absolute Gasteiger partial charge is 0.464 e. The molecule has 0 spiro atoms. The van der Waals surface area contributed by atoms with Gasteiger partial charge in [0.1, 0.15) is 5.69 Å². The van der Waals surface area contributed by atoms with Gasteiger partial charge < -0.3 is 14.3 Å². The van der Waals surface area contributed by atoms with Crippen molar-refractivity contribution in [3.8, 4) is 11.3 Å². The highest BCUT2D eigenvalue weighted by Gasteiger charge is 2.12. The van der Waals surface area contributed by atoms with Crippen LogP contribution in [0.5, 0.6) is 0 Å². The van der Waals surface area contributed by atoms with Gasteiger partial charge in [0.15, 0.2) is 0 Å². The maximum atomic E-state index is 11.3. The van der Waals surface area contributed by atoms with Crippen molar-refractivity contribution in [2.45, 2.75) is 0 Å². The molecule has 0 atom stereocenters. The molecule has 0 aliphatic rings. The second kappa shape index (κ2) is 3.61. The number of hydrogen-bond acceptors (Lipinski definition) is 3. The number of imidazole rings is 1. The smallest absolute Gasteiger partial charge is 0.354 e. The van der Waals surface area contributed by atoms with E-state index in [1.165, 1.54) is 7.11 Å². The Morgan fingerprint density at radius 3 is 3.00 bits per heavy atom. The Labute approximate surface area is 86.7 Å². The van der Waals surface area contributed by atoms with Crippen LogP contribution in [0, 0.1) is 0 Å². The average Bonchev–Trinajstić information content (AvgIpc) is 2.84. The van der Waals surface area contributed by atoms with Crippen LogP contribution in [0.3, 0.4) is 0 Å². The predicted octanol–water partition coefficient (Wildman–Crippen LogP) is 1.20. The van der Waals surface area contributed by atoms with E-state index >= 15 is 0 Å². The van der Waals surface area contributed by atoms with E-state index in [2.05, 4.69) is 14.7 Å². The van der Waals surface area contributed by atoms with Crippen LogP contribution in [0.4, 0.5) is 0 Å². The molecule has 2 aromatic heterocycles. The molecule has 0 amide bonds. The number of aryl methyl sites for hydroxylation is 1.